The molecular formula is C19H17ClN2O2. The molecule has 1 N–H and O–H groups in total. The van der Waals surface area contributed by atoms with Crippen molar-refractivity contribution in [1.82, 2.24) is 9.36 Å². The predicted molar refractivity (Wildman–Crippen MR) is 95.6 cm³/mol. The molecule has 0 radical (unpaired) electrons. The summed E-state index contributed by atoms with van der Waals surface area (Å²) in [6.45, 7) is 3.27. The van der Waals surface area contributed by atoms with Crippen LogP contribution in [0.25, 0.3) is 22.3 Å². The minimum absolute atomic E-state index is 0.0591. The van der Waals surface area contributed by atoms with E-state index in [1.807, 2.05) is 49.4 Å². The number of hydrogen-bond donors (Lipinski definition) is 1. The van der Waals surface area contributed by atoms with Crippen LogP contribution in [0.1, 0.15) is 12.0 Å². The van der Waals surface area contributed by atoms with Crippen molar-refractivity contribution in [1.29, 1.82) is 0 Å². The summed E-state index contributed by atoms with van der Waals surface area (Å²) in [7, 11) is 0. The number of benzene rings is 2. The number of nitrogens with zero attached hydrogens (tertiary/aromatic N) is 2. The first kappa shape index (κ1) is 15.1. The lowest BCUT2D eigenvalue weighted by Crippen LogP contribution is -2.17. The van der Waals surface area contributed by atoms with Crippen molar-refractivity contribution in [2.24, 2.45) is 0 Å². The lowest BCUT2D eigenvalue weighted by atomic mass is 9.96. The largest absolute Gasteiger partial charge is 0.493 e. The molecule has 1 aromatic heterocycles. The Hall–Kier alpha value is -2.46. The lowest BCUT2D eigenvalue weighted by molar-refractivity contribution is 0.399. The fraction of sp³-hybridized carbons (Fsp3) is 0.211. The minimum Gasteiger partial charge on any atom is -0.493 e. The first-order chi connectivity index (χ1) is 11.6. The van der Waals surface area contributed by atoms with Crippen molar-refractivity contribution in [2.45, 2.75) is 26.4 Å². The maximum atomic E-state index is 12.7. The molecule has 2 aromatic carbocycles. The van der Waals surface area contributed by atoms with Crippen LogP contribution < -0.4 is 5.56 Å². The topological polar surface area (TPSA) is 47.2 Å². The first-order valence-corrected chi connectivity index (χ1v) is 8.33. The van der Waals surface area contributed by atoms with Crippen LogP contribution in [-0.4, -0.2) is 14.5 Å². The molecule has 2 heterocycles. The summed E-state index contributed by atoms with van der Waals surface area (Å²) in [6, 6.07) is 13.5. The Morgan fingerprint density at radius 1 is 1.04 bits per heavy atom. The van der Waals surface area contributed by atoms with Gasteiger partial charge in [0.15, 0.2) is 0 Å². The number of rotatable bonds is 2. The van der Waals surface area contributed by atoms with Crippen molar-refractivity contribution in [3.8, 4) is 28.1 Å². The summed E-state index contributed by atoms with van der Waals surface area (Å²) in [5, 5.41) is 11.2. The van der Waals surface area contributed by atoms with Crippen LogP contribution >= 0.6 is 11.6 Å². The SMILES string of the molecule is Cc1ccc(-c2cccc(Cl)c2)cc1-c1c(O)n2n(c1=O)CCC2. The molecule has 0 amide bonds. The van der Waals surface area contributed by atoms with E-state index < -0.39 is 0 Å². The second-order valence-corrected chi connectivity index (χ2v) is 6.58. The van der Waals surface area contributed by atoms with E-state index in [2.05, 4.69) is 0 Å². The van der Waals surface area contributed by atoms with Crippen molar-refractivity contribution in [3.05, 3.63) is 63.4 Å². The lowest BCUT2D eigenvalue weighted by Gasteiger charge is -2.09. The fourth-order valence-electron chi connectivity index (χ4n) is 3.37. The number of halogens is 1. The van der Waals surface area contributed by atoms with Gasteiger partial charge in [-0.25, -0.2) is 4.68 Å². The van der Waals surface area contributed by atoms with Gasteiger partial charge >= 0.3 is 0 Å². The molecule has 0 saturated heterocycles. The Morgan fingerprint density at radius 3 is 2.54 bits per heavy atom. The molecule has 24 heavy (non-hydrogen) atoms. The highest BCUT2D eigenvalue weighted by Gasteiger charge is 2.25. The van der Waals surface area contributed by atoms with E-state index in [1.165, 1.54) is 0 Å². The molecular weight excluding hydrogens is 324 g/mol. The van der Waals surface area contributed by atoms with Gasteiger partial charge in [-0.3, -0.25) is 9.48 Å². The Bertz CT molecular complexity index is 1000. The predicted octanol–water partition coefficient (Wildman–Crippen LogP) is 4.05. The van der Waals surface area contributed by atoms with Crippen molar-refractivity contribution < 1.29 is 5.11 Å². The van der Waals surface area contributed by atoms with Gasteiger partial charge in [0.2, 0.25) is 5.88 Å². The molecule has 4 nitrogen and oxygen atoms in total. The molecule has 5 heteroatoms. The van der Waals surface area contributed by atoms with E-state index in [0.717, 1.165) is 28.7 Å². The Kier molecular flexibility index (Phi) is 3.50. The van der Waals surface area contributed by atoms with Crippen molar-refractivity contribution >= 4 is 11.6 Å². The number of fused-ring (bicyclic) bond motifs is 1. The Morgan fingerprint density at radius 2 is 1.79 bits per heavy atom. The molecule has 1 aliphatic heterocycles. The normalized spacial score (nSPS) is 13.2. The van der Waals surface area contributed by atoms with E-state index in [-0.39, 0.29) is 11.4 Å². The van der Waals surface area contributed by atoms with Crippen LogP contribution in [0.4, 0.5) is 0 Å². The van der Waals surface area contributed by atoms with Gasteiger partial charge in [0, 0.05) is 18.1 Å². The highest BCUT2D eigenvalue weighted by atomic mass is 35.5. The molecule has 0 atom stereocenters. The average molecular weight is 341 g/mol. The minimum atomic E-state index is -0.128. The van der Waals surface area contributed by atoms with Crippen LogP contribution in [0.15, 0.2) is 47.3 Å². The first-order valence-electron chi connectivity index (χ1n) is 7.96. The fourth-order valence-corrected chi connectivity index (χ4v) is 3.56. The third kappa shape index (κ3) is 2.26. The molecule has 0 spiro atoms. The summed E-state index contributed by atoms with van der Waals surface area (Å²) in [5.41, 5.74) is 3.93. The van der Waals surface area contributed by atoms with Gasteiger partial charge < -0.3 is 5.11 Å². The van der Waals surface area contributed by atoms with Gasteiger partial charge in [-0.05, 0) is 53.8 Å². The zero-order chi connectivity index (χ0) is 16.8. The number of aryl methyl sites for hydroxylation is 1. The quantitative estimate of drug-likeness (QED) is 0.765. The smallest absolute Gasteiger partial charge is 0.278 e. The third-order valence-corrected chi connectivity index (χ3v) is 4.85. The van der Waals surface area contributed by atoms with E-state index in [9.17, 15) is 9.90 Å². The molecule has 3 aromatic rings. The van der Waals surface area contributed by atoms with Gasteiger partial charge in [0.1, 0.15) is 5.56 Å². The Balaban J connectivity index is 1.91. The average Bonchev–Trinajstić information content (AvgIpc) is 3.13. The summed E-state index contributed by atoms with van der Waals surface area (Å²) in [5.74, 6) is 0.0591. The molecule has 0 bridgehead atoms. The molecule has 1 aliphatic rings. The highest BCUT2D eigenvalue weighted by Crippen LogP contribution is 2.34. The van der Waals surface area contributed by atoms with Crippen molar-refractivity contribution in [2.75, 3.05) is 0 Å². The third-order valence-electron chi connectivity index (χ3n) is 4.61. The maximum absolute atomic E-state index is 12.7. The number of aromatic nitrogens is 2. The zero-order valence-electron chi connectivity index (χ0n) is 13.3. The highest BCUT2D eigenvalue weighted by molar-refractivity contribution is 6.30. The van der Waals surface area contributed by atoms with Crippen LogP contribution in [0, 0.1) is 6.92 Å². The van der Waals surface area contributed by atoms with Gasteiger partial charge in [-0.15, -0.1) is 0 Å². The van der Waals surface area contributed by atoms with Gasteiger partial charge in [0.05, 0.1) is 0 Å². The Labute approximate surface area is 144 Å². The number of hydrogen-bond acceptors (Lipinski definition) is 2. The summed E-state index contributed by atoms with van der Waals surface area (Å²) in [6.07, 6.45) is 0.880. The molecule has 122 valence electrons. The molecule has 0 saturated carbocycles. The second-order valence-electron chi connectivity index (χ2n) is 6.14. The molecule has 0 unspecified atom stereocenters. The van der Waals surface area contributed by atoms with E-state index >= 15 is 0 Å². The summed E-state index contributed by atoms with van der Waals surface area (Å²) < 4.78 is 3.29. The van der Waals surface area contributed by atoms with Gasteiger partial charge in [-0.1, -0.05) is 35.9 Å². The van der Waals surface area contributed by atoms with Crippen LogP contribution in [-0.2, 0) is 13.1 Å². The molecule has 0 fully saturated rings. The standard InChI is InChI=1S/C19H17ClN2O2/c1-12-6-7-14(13-4-2-5-15(20)10-13)11-16(12)17-18(23)21-8-3-9-22(21)19(17)24/h2,4-7,10-11,23H,3,8-9H2,1H3. The van der Waals surface area contributed by atoms with Crippen LogP contribution in [0.2, 0.25) is 5.02 Å². The van der Waals surface area contributed by atoms with Gasteiger partial charge in [-0.2, -0.15) is 0 Å². The van der Waals surface area contributed by atoms with Crippen molar-refractivity contribution in [3.63, 3.8) is 0 Å². The van der Waals surface area contributed by atoms with Gasteiger partial charge in [0.25, 0.3) is 5.56 Å². The van der Waals surface area contributed by atoms with Crippen LogP contribution in [0.5, 0.6) is 5.88 Å². The van der Waals surface area contributed by atoms with E-state index in [1.54, 1.807) is 9.36 Å². The van der Waals surface area contributed by atoms with E-state index in [0.29, 0.717) is 23.7 Å². The number of aromatic hydroxyl groups is 1. The zero-order valence-corrected chi connectivity index (χ0v) is 14.0. The second kappa shape index (κ2) is 5.56. The summed E-state index contributed by atoms with van der Waals surface area (Å²) in [4.78, 5) is 12.7. The molecule has 0 aliphatic carbocycles. The van der Waals surface area contributed by atoms with Crippen LogP contribution in [0.3, 0.4) is 0 Å². The van der Waals surface area contributed by atoms with E-state index in [4.69, 9.17) is 11.6 Å². The molecule has 4 rings (SSSR count). The maximum Gasteiger partial charge on any atom is 0.278 e. The summed E-state index contributed by atoms with van der Waals surface area (Å²) >= 11 is 6.09. The monoisotopic (exact) mass is 340 g/mol.